The molecular formula is C17H16ClN3O2. The van der Waals surface area contributed by atoms with E-state index in [4.69, 9.17) is 16.3 Å². The van der Waals surface area contributed by atoms with E-state index < -0.39 is 0 Å². The van der Waals surface area contributed by atoms with Gasteiger partial charge in [-0.15, -0.1) is 0 Å². The summed E-state index contributed by atoms with van der Waals surface area (Å²) < 4.78 is 7.06. The molecule has 0 radical (unpaired) electrons. The molecule has 0 fully saturated rings. The lowest BCUT2D eigenvalue weighted by molar-refractivity contribution is 0.275. The predicted octanol–water partition coefficient (Wildman–Crippen LogP) is 3.15. The maximum atomic E-state index is 9.40. The first-order valence-electron chi connectivity index (χ1n) is 7.12. The number of hydrogen-bond donors (Lipinski definition) is 1. The maximum absolute atomic E-state index is 9.40. The second-order valence-corrected chi connectivity index (χ2v) is 5.41. The van der Waals surface area contributed by atoms with Gasteiger partial charge >= 0.3 is 0 Å². The van der Waals surface area contributed by atoms with Crippen LogP contribution in [0.5, 0.6) is 5.75 Å². The molecule has 0 amide bonds. The number of aromatic nitrogens is 3. The maximum Gasteiger partial charge on any atom is 0.119 e. The lowest BCUT2D eigenvalue weighted by Gasteiger charge is -2.09. The number of aliphatic hydroxyl groups excluding tert-OH is 1. The minimum absolute atomic E-state index is 0.125. The Kier molecular flexibility index (Phi) is 4.60. The second-order valence-electron chi connectivity index (χ2n) is 5.00. The fourth-order valence-electron chi connectivity index (χ4n) is 2.36. The van der Waals surface area contributed by atoms with Crippen LogP contribution < -0.4 is 4.74 Å². The Morgan fingerprint density at radius 1 is 1.22 bits per heavy atom. The van der Waals surface area contributed by atoms with Crippen molar-refractivity contribution in [2.45, 2.75) is 13.2 Å². The highest BCUT2D eigenvalue weighted by atomic mass is 35.5. The van der Waals surface area contributed by atoms with Crippen molar-refractivity contribution in [2.24, 2.45) is 0 Å². The van der Waals surface area contributed by atoms with E-state index >= 15 is 0 Å². The SMILES string of the molecule is COc1cccc(-c2cc(CO)nn2Cc2ncccc2Cl)c1. The largest absolute Gasteiger partial charge is 0.497 e. The van der Waals surface area contributed by atoms with Crippen LogP contribution in [-0.4, -0.2) is 27.0 Å². The zero-order valence-electron chi connectivity index (χ0n) is 12.6. The number of methoxy groups -OCH3 is 1. The van der Waals surface area contributed by atoms with Crippen LogP contribution in [0.2, 0.25) is 5.02 Å². The molecule has 3 aromatic rings. The molecule has 23 heavy (non-hydrogen) atoms. The molecule has 0 aliphatic carbocycles. The Morgan fingerprint density at radius 2 is 2.09 bits per heavy atom. The monoisotopic (exact) mass is 329 g/mol. The smallest absolute Gasteiger partial charge is 0.119 e. The average molecular weight is 330 g/mol. The fraction of sp³-hybridized carbons (Fsp3) is 0.176. The highest BCUT2D eigenvalue weighted by Gasteiger charge is 2.12. The standard InChI is InChI=1S/C17H16ClN3O2/c1-23-14-5-2-4-12(8-14)17-9-13(11-22)20-21(17)10-16-15(18)6-3-7-19-16/h2-9,22H,10-11H2,1H3. The first kappa shape index (κ1) is 15.5. The van der Waals surface area contributed by atoms with Crippen LogP contribution in [0.25, 0.3) is 11.3 Å². The van der Waals surface area contributed by atoms with Crippen LogP contribution in [0, 0.1) is 0 Å². The van der Waals surface area contributed by atoms with Crippen LogP contribution in [0.3, 0.4) is 0 Å². The van der Waals surface area contributed by atoms with Crippen molar-refractivity contribution in [3.63, 3.8) is 0 Å². The van der Waals surface area contributed by atoms with Crippen molar-refractivity contribution in [1.29, 1.82) is 0 Å². The van der Waals surface area contributed by atoms with Crippen molar-refractivity contribution in [3.05, 3.63) is 65.1 Å². The molecule has 5 nitrogen and oxygen atoms in total. The molecule has 3 rings (SSSR count). The van der Waals surface area contributed by atoms with E-state index in [9.17, 15) is 5.11 Å². The summed E-state index contributed by atoms with van der Waals surface area (Å²) in [7, 11) is 1.63. The Labute approximate surface area is 139 Å². The van der Waals surface area contributed by atoms with Gasteiger partial charge in [0.1, 0.15) is 5.75 Å². The molecule has 6 heteroatoms. The molecule has 0 aliphatic rings. The third-order valence-corrected chi connectivity index (χ3v) is 3.84. The van der Waals surface area contributed by atoms with E-state index in [0.717, 1.165) is 22.7 Å². The molecule has 2 heterocycles. The van der Waals surface area contributed by atoms with Crippen molar-refractivity contribution in [1.82, 2.24) is 14.8 Å². The molecule has 0 unspecified atom stereocenters. The number of nitrogens with zero attached hydrogens (tertiary/aromatic N) is 3. The minimum atomic E-state index is -0.125. The first-order valence-corrected chi connectivity index (χ1v) is 7.50. The summed E-state index contributed by atoms with van der Waals surface area (Å²) in [6.45, 7) is 0.298. The van der Waals surface area contributed by atoms with Gasteiger partial charge in [-0.2, -0.15) is 5.10 Å². The Bertz CT molecular complexity index is 817. The summed E-state index contributed by atoms with van der Waals surface area (Å²) in [6.07, 6.45) is 1.70. The van der Waals surface area contributed by atoms with Crippen LogP contribution >= 0.6 is 11.6 Å². The average Bonchev–Trinajstić information content (AvgIpc) is 3.00. The molecular weight excluding hydrogens is 314 g/mol. The van der Waals surface area contributed by atoms with Crippen LogP contribution in [0.4, 0.5) is 0 Å². The van der Waals surface area contributed by atoms with Crippen molar-refractivity contribution >= 4 is 11.6 Å². The molecule has 0 saturated carbocycles. The summed E-state index contributed by atoms with van der Waals surface area (Å²) in [5.41, 5.74) is 3.14. The number of halogens is 1. The van der Waals surface area contributed by atoms with Gasteiger partial charge in [-0.05, 0) is 30.3 Å². The normalized spacial score (nSPS) is 10.7. The van der Waals surface area contributed by atoms with E-state index in [2.05, 4.69) is 10.1 Å². The summed E-state index contributed by atoms with van der Waals surface area (Å²) in [5.74, 6) is 0.761. The van der Waals surface area contributed by atoms with Gasteiger partial charge in [-0.3, -0.25) is 9.67 Å². The van der Waals surface area contributed by atoms with E-state index in [1.54, 1.807) is 30.1 Å². The highest BCUT2D eigenvalue weighted by molar-refractivity contribution is 6.31. The van der Waals surface area contributed by atoms with Crippen molar-refractivity contribution < 1.29 is 9.84 Å². The number of pyridine rings is 1. The summed E-state index contributed by atoms with van der Waals surface area (Å²) in [5, 5.41) is 14.4. The number of benzene rings is 1. The number of hydrogen-bond acceptors (Lipinski definition) is 4. The van der Waals surface area contributed by atoms with Crippen LogP contribution in [0.1, 0.15) is 11.4 Å². The van der Waals surface area contributed by atoms with Gasteiger partial charge in [0, 0.05) is 11.8 Å². The molecule has 1 N–H and O–H groups in total. The van der Waals surface area contributed by atoms with Crippen molar-refractivity contribution in [2.75, 3.05) is 7.11 Å². The molecule has 1 aromatic carbocycles. The Hall–Kier alpha value is -2.37. The fourth-order valence-corrected chi connectivity index (χ4v) is 2.54. The molecule has 118 valence electrons. The van der Waals surface area contributed by atoms with Gasteiger partial charge in [0.25, 0.3) is 0 Å². The number of ether oxygens (including phenoxy) is 1. The van der Waals surface area contributed by atoms with E-state index in [0.29, 0.717) is 17.3 Å². The van der Waals surface area contributed by atoms with Crippen molar-refractivity contribution in [3.8, 4) is 17.0 Å². The summed E-state index contributed by atoms with van der Waals surface area (Å²) in [6, 6.07) is 13.1. The Morgan fingerprint density at radius 3 is 2.83 bits per heavy atom. The number of aliphatic hydroxyl groups is 1. The topological polar surface area (TPSA) is 60.2 Å². The molecule has 0 atom stereocenters. The highest BCUT2D eigenvalue weighted by Crippen LogP contribution is 2.26. The van der Waals surface area contributed by atoms with Gasteiger partial charge in [-0.25, -0.2) is 0 Å². The molecule has 0 spiro atoms. The first-order chi connectivity index (χ1) is 11.2. The zero-order valence-corrected chi connectivity index (χ0v) is 13.4. The van der Waals surface area contributed by atoms with Gasteiger partial charge in [-0.1, -0.05) is 23.7 Å². The minimum Gasteiger partial charge on any atom is -0.497 e. The third-order valence-electron chi connectivity index (χ3n) is 3.49. The summed E-state index contributed by atoms with van der Waals surface area (Å²) in [4.78, 5) is 4.30. The van der Waals surface area contributed by atoms with E-state index in [1.165, 1.54) is 0 Å². The van der Waals surface area contributed by atoms with Gasteiger partial charge in [0.15, 0.2) is 0 Å². The lowest BCUT2D eigenvalue weighted by atomic mass is 10.1. The van der Waals surface area contributed by atoms with Gasteiger partial charge in [0.2, 0.25) is 0 Å². The van der Waals surface area contributed by atoms with Crippen LogP contribution in [0.15, 0.2) is 48.7 Å². The van der Waals surface area contributed by atoms with Gasteiger partial charge < -0.3 is 9.84 Å². The summed E-state index contributed by atoms with van der Waals surface area (Å²) >= 11 is 6.19. The zero-order chi connectivity index (χ0) is 16.2. The van der Waals surface area contributed by atoms with Gasteiger partial charge in [0.05, 0.1) is 42.4 Å². The van der Waals surface area contributed by atoms with Crippen LogP contribution in [-0.2, 0) is 13.2 Å². The molecule has 0 aliphatic heterocycles. The quantitative estimate of drug-likeness (QED) is 0.781. The second kappa shape index (κ2) is 6.81. The van der Waals surface area contributed by atoms with E-state index in [1.807, 2.05) is 30.3 Å². The molecule has 0 saturated heterocycles. The predicted molar refractivity (Wildman–Crippen MR) is 88.5 cm³/mol. The number of rotatable bonds is 5. The molecule has 0 bridgehead atoms. The third kappa shape index (κ3) is 3.36. The Balaban J connectivity index is 2.03. The van der Waals surface area contributed by atoms with E-state index in [-0.39, 0.29) is 6.61 Å². The lowest BCUT2D eigenvalue weighted by Crippen LogP contribution is -2.06. The molecule has 2 aromatic heterocycles.